The Balaban J connectivity index is 2.59. The molecule has 0 saturated heterocycles. The Morgan fingerprint density at radius 3 is 2.65 bits per heavy atom. The number of nitrogens with one attached hydrogen (secondary N) is 2. The smallest absolute Gasteiger partial charge is 0.319 e. The predicted octanol–water partition coefficient (Wildman–Crippen LogP) is 3.07. The molecular weight excluding hydrogens is 298 g/mol. The Morgan fingerprint density at radius 1 is 1.39 bits per heavy atom. The SMILES string of the molecule is Cc1ccc(NC(=O)NCC(CCO)CC(C)C)cc1[N+](=O)[O-]. The van der Waals surface area contributed by atoms with Gasteiger partial charge in [0.05, 0.1) is 4.92 Å². The van der Waals surface area contributed by atoms with E-state index in [2.05, 4.69) is 24.5 Å². The third-order valence-corrected chi connectivity index (χ3v) is 3.56. The van der Waals surface area contributed by atoms with Gasteiger partial charge in [0.2, 0.25) is 0 Å². The second kappa shape index (κ2) is 9.09. The van der Waals surface area contributed by atoms with Crippen LogP contribution in [0.15, 0.2) is 18.2 Å². The van der Waals surface area contributed by atoms with Crippen LogP contribution in [-0.4, -0.2) is 29.2 Å². The number of hydrogen-bond acceptors (Lipinski definition) is 4. The second-order valence-electron chi connectivity index (χ2n) is 6.10. The number of carbonyl (C=O) groups is 1. The molecule has 23 heavy (non-hydrogen) atoms. The van der Waals surface area contributed by atoms with E-state index in [1.54, 1.807) is 19.1 Å². The summed E-state index contributed by atoms with van der Waals surface area (Å²) in [5, 5.41) is 25.3. The van der Waals surface area contributed by atoms with Crippen molar-refractivity contribution in [1.29, 1.82) is 0 Å². The van der Waals surface area contributed by atoms with Gasteiger partial charge in [0, 0.05) is 30.5 Å². The molecule has 1 aromatic carbocycles. The Labute approximate surface area is 136 Å². The first kappa shape index (κ1) is 18.9. The van der Waals surface area contributed by atoms with Crippen LogP contribution >= 0.6 is 0 Å². The van der Waals surface area contributed by atoms with E-state index in [4.69, 9.17) is 5.11 Å². The van der Waals surface area contributed by atoms with Gasteiger partial charge >= 0.3 is 6.03 Å². The van der Waals surface area contributed by atoms with Gasteiger partial charge in [-0.1, -0.05) is 19.9 Å². The average molecular weight is 323 g/mol. The number of nitrogens with zero attached hydrogens (tertiary/aromatic N) is 1. The maximum Gasteiger partial charge on any atom is 0.319 e. The summed E-state index contributed by atoms with van der Waals surface area (Å²) in [5.74, 6) is 0.689. The van der Waals surface area contributed by atoms with Crippen molar-refractivity contribution in [3.8, 4) is 0 Å². The van der Waals surface area contributed by atoms with Crippen LogP contribution in [-0.2, 0) is 0 Å². The van der Waals surface area contributed by atoms with Crippen molar-refractivity contribution >= 4 is 17.4 Å². The van der Waals surface area contributed by atoms with Gasteiger partial charge in [-0.15, -0.1) is 0 Å². The molecule has 1 unspecified atom stereocenters. The maximum absolute atomic E-state index is 11.9. The number of anilines is 1. The predicted molar refractivity (Wildman–Crippen MR) is 89.5 cm³/mol. The van der Waals surface area contributed by atoms with Gasteiger partial charge < -0.3 is 15.7 Å². The molecule has 1 rings (SSSR count). The zero-order valence-electron chi connectivity index (χ0n) is 13.8. The van der Waals surface area contributed by atoms with Crippen molar-refractivity contribution in [1.82, 2.24) is 5.32 Å². The van der Waals surface area contributed by atoms with E-state index in [9.17, 15) is 14.9 Å². The van der Waals surface area contributed by atoms with Crippen LogP contribution in [0, 0.1) is 28.9 Å². The van der Waals surface area contributed by atoms with Crippen LogP contribution in [0.25, 0.3) is 0 Å². The number of aliphatic hydroxyl groups excluding tert-OH is 1. The number of nitro groups is 1. The fourth-order valence-corrected chi connectivity index (χ4v) is 2.45. The number of rotatable bonds is 8. The van der Waals surface area contributed by atoms with E-state index >= 15 is 0 Å². The fourth-order valence-electron chi connectivity index (χ4n) is 2.45. The first-order valence-electron chi connectivity index (χ1n) is 7.74. The topological polar surface area (TPSA) is 104 Å². The van der Waals surface area contributed by atoms with Crippen LogP contribution in [0.3, 0.4) is 0 Å². The number of nitro benzene ring substituents is 1. The van der Waals surface area contributed by atoms with Crippen LogP contribution in [0.2, 0.25) is 0 Å². The fraction of sp³-hybridized carbons (Fsp3) is 0.562. The van der Waals surface area contributed by atoms with E-state index in [1.807, 2.05) is 0 Å². The monoisotopic (exact) mass is 323 g/mol. The highest BCUT2D eigenvalue weighted by Gasteiger charge is 2.14. The van der Waals surface area contributed by atoms with Gasteiger partial charge in [-0.25, -0.2) is 4.79 Å². The summed E-state index contributed by atoms with van der Waals surface area (Å²) in [6.07, 6.45) is 1.55. The molecule has 7 nitrogen and oxygen atoms in total. The first-order valence-corrected chi connectivity index (χ1v) is 7.74. The van der Waals surface area contributed by atoms with Gasteiger partial charge in [0.25, 0.3) is 5.69 Å². The van der Waals surface area contributed by atoms with Gasteiger partial charge in [-0.05, 0) is 37.7 Å². The summed E-state index contributed by atoms with van der Waals surface area (Å²) in [6, 6.07) is 4.16. The summed E-state index contributed by atoms with van der Waals surface area (Å²) in [6.45, 7) is 6.38. The largest absolute Gasteiger partial charge is 0.396 e. The highest BCUT2D eigenvalue weighted by Crippen LogP contribution is 2.22. The summed E-state index contributed by atoms with van der Waals surface area (Å²) in [4.78, 5) is 22.3. The standard InChI is InChI=1S/C16H25N3O4/c1-11(2)8-13(6-7-20)10-17-16(21)18-14-5-4-12(3)15(9-14)19(22)23/h4-5,9,11,13,20H,6-8,10H2,1-3H3,(H2,17,18,21). The number of carbonyl (C=O) groups excluding carboxylic acids is 1. The molecule has 2 amide bonds. The Morgan fingerprint density at radius 2 is 2.09 bits per heavy atom. The first-order chi connectivity index (χ1) is 10.8. The molecule has 0 aromatic heterocycles. The zero-order valence-corrected chi connectivity index (χ0v) is 13.8. The van der Waals surface area contributed by atoms with Gasteiger partial charge in [0.15, 0.2) is 0 Å². The zero-order chi connectivity index (χ0) is 17.4. The van der Waals surface area contributed by atoms with E-state index < -0.39 is 11.0 Å². The molecule has 0 aliphatic carbocycles. The Bertz CT molecular complexity index is 546. The summed E-state index contributed by atoms with van der Waals surface area (Å²) in [7, 11) is 0. The minimum atomic E-state index is -0.474. The molecule has 0 radical (unpaired) electrons. The molecule has 7 heteroatoms. The normalized spacial score (nSPS) is 12.0. The van der Waals surface area contributed by atoms with Gasteiger partial charge in [-0.3, -0.25) is 10.1 Å². The van der Waals surface area contributed by atoms with Gasteiger partial charge in [-0.2, -0.15) is 0 Å². The summed E-state index contributed by atoms with van der Waals surface area (Å²) >= 11 is 0. The number of urea groups is 1. The third kappa shape index (κ3) is 6.65. The third-order valence-electron chi connectivity index (χ3n) is 3.56. The van der Waals surface area contributed by atoms with Crippen molar-refractivity contribution in [3.63, 3.8) is 0 Å². The van der Waals surface area contributed by atoms with Crippen LogP contribution < -0.4 is 10.6 Å². The van der Waals surface area contributed by atoms with Crippen LogP contribution in [0.1, 0.15) is 32.3 Å². The van der Waals surface area contributed by atoms with Crippen molar-refractivity contribution in [2.45, 2.75) is 33.6 Å². The highest BCUT2D eigenvalue weighted by atomic mass is 16.6. The lowest BCUT2D eigenvalue weighted by Crippen LogP contribution is -2.33. The van der Waals surface area contributed by atoms with Crippen molar-refractivity contribution in [2.75, 3.05) is 18.5 Å². The lowest BCUT2D eigenvalue weighted by atomic mass is 9.94. The van der Waals surface area contributed by atoms with Crippen molar-refractivity contribution in [2.24, 2.45) is 11.8 Å². The number of benzene rings is 1. The number of amides is 2. The molecule has 0 fully saturated rings. The van der Waals surface area contributed by atoms with Crippen LogP contribution in [0.5, 0.6) is 0 Å². The van der Waals surface area contributed by atoms with Crippen LogP contribution in [0.4, 0.5) is 16.2 Å². The lowest BCUT2D eigenvalue weighted by Gasteiger charge is -2.18. The summed E-state index contributed by atoms with van der Waals surface area (Å²) < 4.78 is 0. The molecule has 0 aliphatic heterocycles. The van der Waals surface area contributed by atoms with E-state index in [1.165, 1.54) is 6.07 Å². The molecule has 0 saturated carbocycles. The minimum absolute atomic E-state index is 0.0271. The lowest BCUT2D eigenvalue weighted by molar-refractivity contribution is -0.385. The van der Waals surface area contributed by atoms with Gasteiger partial charge in [0.1, 0.15) is 0 Å². The Hall–Kier alpha value is -2.15. The molecule has 0 aliphatic rings. The molecular formula is C16H25N3O4. The van der Waals surface area contributed by atoms with E-state index in [0.29, 0.717) is 30.1 Å². The highest BCUT2D eigenvalue weighted by molar-refractivity contribution is 5.89. The molecule has 0 bridgehead atoms. The number of aryl methyl sites for hydroxylation is 1. The Kier molecular flexibility index (Phi) is 7.47. The minimum Gasteiger partial charge on any atom is -0.396 e. The number of aliphatic hydroxyl groups is 1. The quantitative estimate of drug-likeness (QED) is 0.505. The average Bonchev–Trinajstić information content (AvgIpc) is 2.46. The summed E-state index contributed by atoms with van der Waals surface area (Å²) in [5.41, 5.74) is 0.893. The molecule has 0 spiro atoms. The van der Waals surface area contributed by atoms with Crippen molar-refractivity contribution in [3.05, 3.63) is 33.9 Å². The van der Waals surface area contributed by atoms with E-state index in [-0.39, 0.29) is 18.2 Å². The molecule has 1 aromatic rings. The maximum atomic E-state index is 11.9. The number of hydrogen-bond donors (Lipinski definition) is 3. The molecule has 3 N–H and O–H groups in total. The molecule has 0 heterocycles. The van der Waals surface area contributed by atoms with Crippen molar-refractivity contribution < 1.29 is 14.8 Å². The second-order valence-corrected chi connectivity index (χ2v) is 6.10. The van der Waals surface area contributed by atoms with E-state index in [0.717, 1.165) is 6.42 Å². The molecule has 128 valence electrons. The molecule has 1 atom stereocenters.